The maximum absolute atomic E-state index is 12.4. The Hall–Kier alpha value is -3.57. The molecule has 4 N–H and O–H groups in total. The van der Waals surface area contributed by atoms with E-state index in [0.29, 0.717) is 28.7 Å². The van der Waals surface area contributed by atoms with Crippen LogP contribution in [0.5, 0.6) is 0 Å². The summed E-state index contributed by atoms with van der Waals surface area (Å²) in [5.41, 5.74) is 12.2. The number of carbonyl (C=O) groups excluding carboxylic acids is 1. The van der Waals surface area contributed by atoms with Crippen molar-refractivity contribution >= 4 is 46.1 Å². The highest BCUT2D eigenvalue weighted by atomic mass is 35.5. The average Bonchev–Trinajstić information content (AvgIpc) is 3.13. The molecule has 5 nitrogen and oxygen atoms in total. The molecular weight excluding hydrogens is 396 g/mol. The summed E-state index contributed by atoms with van der Waals surface area (Å²) in [4.78, 5) is 17.0. The number of rotatable bonds is 4. The van der Waals surface area contributed by atoms with Gasteiger partial charge in [0.2, 0.25) is 0 Å². The zero-order valence-electron chi connectivity index (χ0n) is 16.4. The van der Waals surface area contributed by atoms with E-state index < -0.39 is 0 Å². The molecule has 30 heavy (non-hydrogen) atoms. The summed E-state index contributed by atoms with van der Waals surface area (Å²) in [6.07, 6.45) is 0.571. The number of anilines is 2. The SMILES string of the molecule is Cc1ccc(NC(=O)Nc2cccc(C3=C(c4ccccc4)N=C(N)C3)c2)cc1Cl. The highest BCUT2D eigenvalue weighted by Crippen LogP contribution is 2.35. The molecule has 0 spiro atoms. The summed E-state index contributed by atoms with van der Waals surface area (Å²) in [6.45, 7) is 1.91. The van der Waals surface area contributed by atoms with Gasteiger partial charge in [-0.25, -0.2) is 9.79 Å². The number of halogens is 1. The summed E-state index contributed by atoms with van der Waals surface area (Å²) < 4.78 is 0. The van der Waals surface area contributed by atoms with Crippen LogP contribution in [-0.4, -0.2) is 11.9 Å². The van der Waals surface area contributed by atoms with Crippen LogP contribution in [0.4, 0.5) is 16.2 Å². The molecule has 2 amide bonds. The van der Waals surface area contributed by atoms with Gasteiger partial charge >= 0.3 is 6.03 Å². The second-order valence-electron chi connectivity index (χ2n) is 7.10. The molecule has 0 bridgehead atoms. The molecule has 3 aromatic rings. The molecule has 0 radical (unpaired) electrons. The van der Waals surface area contributed by atoms with Gasteiger partial charge < -0.3 is 16.4 Å². The number of aryl methyl sites for hydroxylation is 1. The maximum Gasteiger partial charge on any atom is 0.323 e. The number of hydrogen-bond donors (Lipinski definition) is 3. The number of amidine groups is 1. The van der Waals surface area contributed by atoms with E-state index >= 15 is 0 Å². The van der Waals surface area contributed by atoms with Gasteiger partial charge in [0.05, 0.1) is 5.70 Å². The minimum absolute atomic E-state index is 0.341. The molecule has 0 saturated heterocycles. The summed E-state index contributed by atoms with van der Waals surface area (Å²) in [7, 11) is 0. The second-order valence-corrected chi connectivity index (χ2v) is 7.50. The highest BCUT2D eigenvalue weighted by molar-refractivity contribution is 6.31. The van der Waals surface area contributed by atoms with Crippen molar-refractivity contribution in [3.63, 3.8) is 0 Å². The third-order valence-corrected chi connectivity index (χ3v) is 5.25. The Balaban J connectivity index is 1.55. The number of nitrogens with one attached hydrogen (secondary N) is 2. The van der Waals surface area contributed by atoms with Crippen LogP contribution < -0.4 is 16.4 Å². The van der Waals surface area contributed by atoms with E-state index in [1.807, 2.05) is 73.7 Å². The number of urea groups is 1. The van der Waals surface area contributed by atoms with E-state index in [0.717, 1.165) is 28.0 Å². The Morgan fingerprint density at radius 1 is 0.933 bits per heavy atom. The lowest BCUT2D eigenvalue weighted by molar-refractivity contribution is 0.262. The van der Waals surface area contributed by atoms with Crippen molar-refractivity contribution in [2.45, 2.75) is 13.3 Å². The Kier molecular flexibility index (Phi) is 5.55. The van der Waals surface area contributed by atoms with Gasteiger partial charge in [0, 0.05) is 28.4 Å². The van der Waals surface area contributed by atoms with Gasteiger partial charge in [-0.1, -0.05) is 60.1 Å². The number of nitrogens with zero attached hydrogens (tertiary/aromatic N) is 1. The fraction of sp³-hybridized carbons (Fsp3) is 0.0833. The first-order valence-corrected chi connectivity index (χ1v) is 9.93. The fourth-order valence-electron chi connectivity index (χ4n) is 3.34. The molecule has 1 aliphatic heterocycles. The summed E-state index contributed by atoms with van der Waals surface area (Å²) in [6, 6.07) is 22.7. The van der Waals surface area contributed by atoms with Gasteiger partial charge in [0.1, 0.15) is 5.84 Å². The smallest absolute Gasteiger partial charge is 0.323 e. The third kappa shape index (κ3) is 4.36. The molecule has 0 aromatic heterocycles. The van der Waals surface area contributed by atoms with E-state index in [1.165, 1.54) is 0 Å². The van der Waals surface area contributed by atoms with Crippen molar-refractivity contribution in [3.05, 3.63) is 94.5 Å². The van der Waals surface area contributed by atoms with Gasteiger partial charge in [-0.05, 0) is 47.9 Å². The van der Waals surface area contributed by atoms with E-state index in [9.17, 15) is 4.79 Å². The maximum atomic E-state index is 12.4. The first kappa shape index (κ1) is 19.7. The lowest BCUT2D eigenvalue weighted by Gasteiger charge is -2.11. The predicted octanol–water partition coefficient (Wildman–Crippen LogP) is 5.92. The Bertz CT molecular complexity index is 1170. The molecule has 0 aliphatic carbocycles. The molecule has 3 aromatic carbocycles. The predicted molar refractivity (Wildman–Crippen MR) is 125 cm³/mol. The lowest BCUT2D eigenvalue weighted by Crippen LogP contribution is -2.19. The van der Waals surface area contributed by atoms with Crippen LogP contribution in [0.2, 0.25) is 5.02 Å². The second kappa shape index (κ2) is 8.43. The molecule has 150 valence electrons. The molecule has 0 atom stereocenters. The molecule has 0 fully saturated rings. The van der Waals surface area contributed by atoms with Gasteiger partial charge in [0.15, 0.2) is 0 Å². The van der Waals surface area contributed by atoms with Crippen LogP contribution in [-0.2, 0) is 0 Å². The average molecular weight is 417 g/mol. The zero-order chi connectivity index (χ0) is 21.1. The molecule has 0 unspecified atom stereocenters. The normalized spacial score (nSPS) is 13.2. The van der Waals surface area contributed by atoms with Crippen LogP contribution in [0.25, 0.3) is 11.3 Å². The number of hydrogen-bond acceptors (Lipinski definition) is 3. The molecule has 1 heterocycles. The molecular formula is C24H21ClN4O. The van der Waals surface area contributed by atoms with Gasteiger partial charge in [-0.15, -0.1) is 0 Å². The van der Waals surface area contributed by atoms with E-state index in [4.69, 9.17) is 17.3 Å². The summed E-state index contributed by atoms with van der Waals surface area (Å²) in [5.74, 6) is 0.580. The minimum Gasteiger partial charge on any atom is -0.387 e. The first-order chi connectivity index (χ1) is 14.5. The quantitative estimate of drug-likeness (QED) is 0.493. The largest absolute Gasteiger partial charge is 0.387 e. The Labute approximate surface area is 180 Å². The van der Waals surface area contributed by atoms with E-state index in [1.54, 1.807) is 6.07 Å². The number of nitrogens with two attached hydrogens (primary N) is 1. The molecule has 0 saturated carbocycles. The van der Waals surface area contributed by atoms with E-state index in [-0.39, 0.29) is 6.03 Å². The molecule has 4 rings (SSSR count). The van der Waals surface area contributed by atoms with Crippen molar-refractivity contribution in [3.8, 4) is 0 Å². The Morgan fingerprint density at radius 2 is 1.63 bits per heavy atom. The van der Waals surface area contributed by atoms with Crippen LogP contribution in [0.15, 0.2) is 77.8 Å². The van der Waals surface area contributed by atoms with Gasteiger partial charge in [0.25, 0.3) is 0 Å². The van der Waals surface area contributed by atoms with E-state index in [2.05, 4.69) is 15.6 Å². The first-order valence-electron chi connectivity index (χ1n) is 9.56. The van der Waals surface area contributed by atoms with Crippen molar-refractivity contribution in [1.82, 2.24) is 0 Å². The van der Waals surface area contributed by atoms with Crippen LogP contribution in [0.1, 0.15) is 23.1 Å². The standard InChI is InChI=1S/C24H21ClN4O/c1-15-10-11-19(13-21(15)25)28-24(30)27-18-9-5-8-17(12-18)20-14-22(26)29-23(20)16-6-3-2-4-7-16/h2-13H,14H2,1H3,(H2,26,29)(H2,27,28,30). The van der Waals surface area contributed by atoms with Crippen LogP contribution in [0, 0.1) is 6.92 Å². The number of amides is 2. The summed E-state index contributed by atoms with van der Waals surface area (Å²) in [5, 5.41) is 6.28. The van der Waals surface area contributed by atoms with Gasteiger partial charge in [-0.2, -0.15) is 0 Å². The molecule has 6 heteroatoms. The van der Waals surface area contributed by atoms with Crippen LogP contribution in [0.3, 0.4) is 0 Å². The molecule has 1 aliphatic rings. The van der Waals surface area contributed by atoms with Crippen molar-refractivity contribution in [2.24, 2.45) is 10.7 Å². The number of carbonyl (C=O) groups is 1. The van der Waals surface area contributed by atoms with Crippen LogP contribution >= 0.6 is 11.6 Å². The monoisotopic (exact) mass is 416 g/mol. The number of aliphatic imine (C=N–C) groups is 1. The highest BCUT2D eigenvalue weighted by Gasteiger charge is 2.19. The lowest BCUT2D eigenvalue weighted by atomic mass is 9.98. The number of benzene rings is 3. The van der Waals surface area contributed by atoms with Gasteiger partial charge in [-0.3, -0.25) is 0 Å². The summed E-state index contributed by atoms with van der Waals surface area (Å²) >= 11 is 6.13. The minimum atomic E-state index is -0.341. The van der Waals surface area contributed by atoms with Crippen molar-refractivity contribution in [1.29, 1.82) is 0 Å². The van der Waals surface area contributed by atoms with Crippen molar-refractivity contribution < 1.29 is 4.79 Å². The Morgan fingerprint density at radius 3 is 2.37 bits per heavy atom. The fourth-order valence-corrected chi connectivity index (χ4v) is 3.52. The van der Waals surface area contributed by atoms with Crippen molar-refractivity contribution in [2.75, 3.05) is 10.6 Å². The third-order valence-electron chi connectivity index (χ3n) is 4.84. The zero-order valence-corrected chi connectivity index (χ0v) is 17.2. The topological polar surface area (TPSA) is 79.5 Å².